The zero-order valence-corrected chi connectivity index (χ0v) is 77.4. The minimum atomic E-state index is -0.156. The van der Waals surface area contributed by atoms with Crippen LogP contribution in [0.3, 0.4) is 0 Å². The Balaban J connectivity index is -0.0000000756. The third-order valence-electron chi connectivity index (χ3n) is 13.9. The fourth-order valence-corrected chi connectivity index (χ4v) is 8.28. The van der Waals surface area contributed by atoms with Gasteiger partial charge in [-0.3, -0.25) is 0 Å². The molecule has 4 rings (SSSR count). The number of rotatable bonds is 29. The first-order chi connectivity index (χ1) is 47.5. The van der Waals surface area contributed by atoms with Crippen molar-refractivity contribution in [3.63, 3.8) is 0 Å². The highest BCUT2D eigenvalue weighted by molar-refractivity contribution is 14.1. The SMILES string of the molecule is C.CC.CC(C)C.CCC.CCC(C)=O.CCC(C)C.CCC(C)C.CCCC.CCCC(C)=O.CCCC(O)CC.CCCCCC.CCCCCCC[C@@H](O)CCN.CCCCCNC.CCCCN.CCc1c[nH]c2ccccc12.CCc1cc(I)c(C)c(I)c1.CCc1ccc[nH]1. The quantitative estimate of drug-likeness (QED) is 0.0210. The van der Waals surface area contributed by atoms with Gasteiger partial charge in [-0.2, -0.15) is 0 Å². The highest BCUT2D eigenvalue weighted by Crippen LogP contribution is 2.21. The van der Waals surface area contributed by atoms with E-state index in [4.69, 9.17) is 16.6 Å². The summed E-state index contributed by atoms with van der Waals surface area (Å²) in [4.78, 5) is 26.2. The molecule has 0 amide bonds. The molecule has 2 aromatic carbocycles. The molecule has 1 unspecified atom stereocenters. The number of aryl methyl sites for hydroxylation is 3. The Hall–Kier alpha value is -2.14. The average Bonchev–Trinajstić information content (AvgIpc) is 1.76. The molecule has 2 aromatic heterocycles. The van der Waals surface area contributed by atoms with Gasteiger partial charge < -0.3 is 46.6 Å². The molecular formula is C90H187I2N5O4. The highest BCUT2D eigenvalue weighted by atomic mass is 127. The van der Waals surface area contributed by atoms with Crippen LogP contribution in [0.15, 0.2) is 60.9 Å². The molecule has 0 aliphatic rings. The van der Waals surface area contributed by atoms with Crippen LogP contribution in [0.1, 0.15) is 404 Å². The molecule has 2 atom stereocenters. The Morgan fingerprint density at radius 3 is 1.20 bits per heavy atom. The van der Waals surface area contributed by atoms with Crippen molar-refractivity contribution in [2.24, 2.45) is 29.2 Å². The van der Waals surface area contributed by atoms with Crippen molar-refractivity contribution in [3.05, 3.63) is 90.4 Å². The van der Waals surface area contributed by atoms with Crippen molar-refractivity contribution in [2.75, 3.05) is 26.7 Å². The summed E-state index contributed by atoms with van der Waals surface area (Å²) in [6.45, 7) is 65.8. The molecule has 0 fully saturated rings. The molecule has 9 N–H and O–H groups in total. The standard InChI is InChI=1S/C10H23NO.C10H11N.C9H10I2.C6H9N.C6H15N.C6H14O.C6H14.C5H10O.2C5H12.C4H11N.C4H8O.2C4H10.C3H8.C2H6.CH4/c1-2-3-4-5-6-7-10(12)8-9-11;1-2-8-7-11-10-6-4-3-5-9(8)10;1-3-7-4-8(10)6(2)9(11)5-7;1-2-6-4-3-5-7-6;1-3-4-5-6-7-2;1-3-5-6(7)4-2;1-3-5-6-4-2;1-3-4-5(2)6;2*1-4-5(2)3;1-2-3-4-5;1-3-4(2)5;1-4(2)3;1-3-4-2;1-3-2;1-2;/h10,12H,2-9,11H2,1H3;3-7,11H,2H2,1H3;4-5H,3H2,1-2H3;3-5,7H,2H2,1H3;7H,3-6H2,1-2H3;6-7H,3-5H2,1-2H3;3-6H2,1-2H3;3-4H2,1-2H3;2*5H,4H2,1-3H3;2-5H2,1H3;3H2,1-2H3;4H,1-3H3;3-4H2,1-2H3;3H2,1-2H3;1-2H3;1H4/t10-;;;;;;;;;;;;;;;;/m1................/s1. The largest absolute Gasteiger partial charge is 0.393 e. The number of halogens is 2. The van der Waals surface area contributed by atoms with Crippen LogP contribution in [0, 0.1) is 31.8 Å². The van der Waals surface area contributed by atoms with Crippen LogP contribution in [0.4, 0.5) is 0 Å². The van der Waals surface area contributed by atoms with E-state index in [1.165, 1.54) is 163 Å². The first-order valence-electron chi connectivity index (χ1n) is 41.0. The second kappa shape index (κ2) is 116. The summed E-state index contributed by atoms with van der Waals surface area (Å²) in [6.07, 6.45) is 38.9. The normalized spacial score (nSPS) is 9.78. The van der Waals surface area contributed by atoms with Crippen LogP contribution in [-0.4, -0.2) is 70.6 Å². The molecule has 0 bridgehead atoms. The zero-order valence-electron chi connectivity index (χ0n) is 73.1. The van der Waals surface area contributed by atoms with Gasteiger partial charge in [0.15, 0.2) is 0 Å². The molecule has 0 radical (unpaired) electrons. The van der Waals surface area contributed by atoms with Crippen molar-refractivity contribution in [2.45, 2.75) is 420 Å². The summed E-state index contributed by atoms with van der Waals surface area (Å²) in [5.41, 5.74) is 17.2. The van der Waals surface area contributed by atoms with E-state index in [0.29, 0.717) is 13.0 Å². The fraction of sp³-hybridized carbons (Fsp3) is 0.778. The van der Waals surface area contributed by atoms with Crippen LogP contribution in [0.25, 0.3) is 10.9 Å². The third-order valence-corrected chi connectivity index (χ3v) is 16.1. The Kier molecular flexibility index (Phi) is 148. The van der Waals surface area contributed by atoms with E-state index in [1.807, 2.05) is 53.9 Å². The third kappa shape index (κ3) is 138. The van der Waals surface area contributed by atoms with Gasteiger partial charge in [0.05, 0.1) is 12.2 Å². The van der Waals surface area contributed by atoms with Crippen molar-refractivity contribution < 1.29 is 19.8 Å². The molecule has 0 spiro atoms. The number of H-pyrrole nitrogens is 2. The summed E-state index contributed by atoms with van der Waals surface area (Å²) in [6, 6.07) is 17.0. The van der Waals surface area contributed by atoms with E-state index in [1.54, 1.807) is 13.8 Å². The van der Waals surface area contributed by atoms with Crippen molar-refractivity contribution in [3.8, 4) is 0 Å². The summed E-state index contributed by atoms with van der Waals surface area (Å²) >= 11 is 4.79. The van der Waals surface area contributed by atoms with Gasteiger partial charge >= 0.3 is 0 Å². The number of aliphatic hydroxyl groups excluding tert-OH is 2. The predicted octanol–water partition coefficient (Wildman–Crippen LogP) is 29.4. The smallest absolute Gasteiger partial charge is 0.129 e. The molecule has 0 aliphatic heterocycles. The van der Waals surface area contributed by atoms with E-state index in [0.717, 1.165) is 94.9 Å². The maximum Gasteiger partial charge on any atom is 0.129 e. The maximum absolute atomic E-state index is 10.0. The number of para-hydroxylation sites is 1. The van der Waals surface area contributed by atoms with Crippen molar-refractivity contribution >= 4 is 67.7 Å². The van der Waals surface area contributed by atoms with Crippen LogP contribution in [0.2, 0.25) is 0 Å². The average molecular weight is 1660 g/mol. The zero-order chi connectivity index (χ0) is 80.2. The Morgan fingerprint density at radius 1 is 0.505 bits per heavy atom. The van der Waals surface area contributed by atoms with Gasteiger partial charge in [0, 0.05) is 49.0 Å². The fourth-order valence-electron chi connectivity index (χ4n) is 6.38. The highest BCUT2D eigenvalue weighted by Gasteiger charge is 2.03. The minimum Gasteiger partial charge on any atom is -0.393 e. The number of ketones is 2. The number of nitrogens with one attached hydrogen (secondary N) is 3. The Bertz CT molecular complexity index is 1940. The molecule has 9 nitrogen and oxygen atoms in total. The molecule has 0 aliphatic carbocycles. The Morgan fingerprint density at radius 2 is 0.931 bits per heavy atom. The lowest BCUT2D eigenvalue weighted by molar-refractivity contribution is -0.117. The van der Waals surface area contributed by atoms with Gasteiger partial charge in [-0.15, -0.1) is 0 Å². The van der Waals surface area contributed by atoms with Crippen LogP contribution < -0.4 is 16.8 Å². The molecule has 11 heteroatoms. The van der Waals surface area contributed by atoms with Crippen LogP contribution >= 0.6 is 45.2 Å². The van der Waals surface area contributed by atoms with Gasteiger partial charge in [0.25, 0.3) is 0 Å². The van der Waals surface area contributed by atoms with E-state index in [-0.39, 0.29) is 31.2 Å². The monoisotopic (exact) mass is 1660 g/mol. The molecular weight excluding hydrogens is 1470 g/mol. The molecule has 0 saturated carbocycles. The van der Waals surface area contributed by atoms with Gasteiger partial charge in [0.1, 0.15) is 11.6 Å². The van der Waals surface area contributed by atoms with E-state index >= 15 is 0 Å². The number of benzene rings is 2. The summed E-state index contributed by atoms with van der Waals surface area (Å²) in [5, 5.41) is 22.6. The Labute approximate surface area is 664 Å². The van der Waals surface area contributed by atoms with Crippen LogP contribution in [-0.2, 0) is 28.9 Å². The summed E-state index contributed by atoms with van der Waals surface area (Å²) in [7, 11) is 2.00. The van der Waals surface area contributed by atoms with E-state index in [2.05, 4.69) is 268 Å². The van der Waals surface area contributed by atoms with Gasteiger partial charge in [-0.25, -0.2) is 0 Å². The number of aromatic amines is 2. The summed E-state index contributed by atoms with van der Waals surface area (Å²) in [5.74, 6) is 3.15. The lowest BCUT2D eigenvalue weighted by Crippen LogP contribution is -2.12. The number of carbonyl (C=O) groups excluding carboxylic acids is 2. The lowest BCUT2D eigenvalue weighted by Gasteiger charge is -2.07. The molecule has 101 heavy (non-hydrogen) atoms. The number of Topliss-reactive ketones (excluding diaryl/α,β-unsaturated/α-hetero) is 2. The van der Waals surface area contributed by atoms with Gasteiger partial charge in [0.2, 0.25) is 0 Å². The maximum atomic E-state index is 10.0. The number of carbonyl (C=O) groups is 2. The topological polar surface area (TPSA) is 170 Å². The molecule has 2 heterocycles. The minimum absolute atomic E-state index is 0. The second-order valence-corrected chi connectivity index (χ2v) is 28.6. The summed E-state index contributed by atoms with van der Waals surface area (Å²) < 4.78 is 2.76. The molecule has 610 valence electrons. The number of nitrogens with two attached hydrogens (primary N) is 2. The molecule has 4 aromatic rings. The molecule has 0 saturated heterocycles. The number of aromatic nitrogens is 2. The number of fused-ring (bicyclic) bond motifs is 1. The van der Waals surface area contributed by atoms with Crippen LogP contribution in [0.5, 0.6) is 0 Å². The first kappa shape index (κ1) is 128. The number of hydrogen-bond acceptors (Lipinski definition) is 7. The second-order valence-electron chi connectivity index (χ2n) is 26.3. The number of aliphatic hydroxyl groups is 2. The van der Waals surface area contributed by atoms with E-state index < -0.39 is 0 Å². The predicted molar refractivity (Wildman–Crippen MR) is 487 cm³/mol. The van der Waals surface area contributed by atoms with Gasteiger partial charge in [-0.05, 0) is 222 Å². The van der Waals surface area contributed by atoms with Crippen molar-refractivity contribution in [1.29, 1.82) is 0 Å². The first-order valence-corrected chi connectivity index (χ1v) is 43.2. The van der Waals surface area contributed by atoms with Gasteiger partial charge in [-0.1, -0.05) is 328 Å². The number of unbranched alkanes of at least 4 members (excludes halogenated alkanes) is 11. The lowest BCUT2D eigenvalue weighted by atomic mass is 10.1. The van der Waals surface area contributed by atoms with E-state index in [9.17, 15) is 14.7 Å². The van der Waals surface area contributed by atoms with Crippen molar-refractivity contribution in [1.82, 2.24) is 15.3 Å². The number of hydrogen-bond donors (Lipinski definition) is 7.